The Balaban J connectivity index is 2.06. The van der Waals surface area contributed by atoms with Gasteiger partial charge in [-0.1, -0.05) is 0 Å². The fourth-order valence-corrected chi connectivity index (χ4v) is 2.52. The number of rotatable bonds is 6. The molecule has 1 fully saturated rings. The van der Waals surface area contributed by atoms with Crippen molar-refractivity contribution in [2.75, 3.05) is 29.9 Å². The zero-order chi connectivity index (χ0) is 12.8. The van der Waals surface area contributed by atoms with Gasteiger partial charge in [0.15, 0.2) is 0 Å². The Morgan fingerprint density at radius 3 is 3.17 bits per heavy atom. The summed E-state index contributed by atoms with van der Waals surface area (Å²) in [4.78, 5) is 11.2. The highest BCUT2D eigenvalue weighted by Gasteiger charge is 2.25. The zero-order valence-electron chi connectivity index (χ0n) is 11.0. The van der Waals surface area contributed by atoms with Crippen molar-refractivity contribution in [2.45, 2.75) is 38.6 Å². The van der Waals surface area contributed by atoms with E-state index in [9.17, 15) is 0 Å². The van der Waals surface area contributed by atoms with Gasteiger partial charge in [-0.2, -0.15) is 0 Å². The highest BCUT2D eigenvalue weighted by atomic mass is 16.2. The predicted molar refractivity (Wildman–Crippen MR) is 72.9 cm³/mol. The van der Waals surface area contributed by atoms with E-state index in [-0.39, 0.29) is 6.61 Å². The van der Waals surface area contributed by atoms with E-state index >= 15 is 0 Å². The highest BCUT2D eigenvalue weighted by Crippen LogP contribution is 2.26. The summed E-state index contributed by atoms with van der Waals surface area (Å²) in [5.41, 5.74) is 0. The van der Waals surface area contributed by atoms with Crippen molar-refractivity contribution in [3.8, 4) is 0 Å². The van der Waals surface area contributed by atoms with Gasteiger partial charge in [0.05, 0.1) is 12.4 Å². The van der Waals surface area contributed by atoms with Gasteiger partial charge in [-0.05, 0) is 32.6 Å². The molecule has 2 heterocycles. The Labute approximate surface area is 108 Å². The lowest BCUT2D eigenvalue weighted by atomic mass is 10.1. The molecule has 5 nitrogen and oxygen atoms in total. The predicted octanol–water partition coefficient (Wildman–Crippen LogP) is 1.65. The van der Waals surface area contributed by atoms with E-state index in [1.807, 2.05) is 13.1 Å². The molecule has 1 saturated heterocycles. The van der Waals surface area contributed by atoms with Crippen LogP contribution in [-0.2, 0) is 0 Å². The normalized spacial score (nSPS) is 19.2. The average molecular weight is 250 g/mol. The van der Waals surface area contributed by atoms with Crippen LogP contribution in [0, 0.1) is 0 Å². The molecule has 1 aromatic rings. The smallest absolute Gasteiger partial charge is 0.149 e. The van der Waals surface area contributed by atoms with E-state index in [1.54, 1.807) is 6.20 Å². The Morgan fingerprint density at radius 2 is 2.39 bits per heavy atom. The molecule has 18 heavy (non-hydrogen) atoms. The third-order valence-corrected chi connectivity index (χ3v) is 3.35. The Kier molecular flexibility index (Phi) is 4.75. The number of aliphatic hydroxyl groups is 1. The fourth-order valence-electron chi connectivity index (χ4n) is 2.52. The maximum atomic E-state index is 8.94. The minimum Gasteiger partial charge on any atom is -0.396 e. The SMILES string of the molecule is CCNc1cncc(N2CCCC2CCCO)n1. The lowest BCUT2D eigenvalue weighted by Gasteiger charge is -2.25. The molecule has 0 aromatic carbocycles. The fraction of sp³-hybridized carbons (Fsp3) is 0.692. The molecule has 5 heteroatoms. The Morgan fingerprint density at radius 1 is 1.50 bits per heavy atom. The monoisotopic (exact) mass is 250 g/mol. The molecule has 1 aliphatic rings. The molecule has 0 radical (unpaired) electrons. The van der Waals surface area contributed by atoms with Gasteiger partial charge in [-0.3, -0.25) is 4.98 Å². The van der Waals surface area contributed by atoms with Crippen LogP contribution in [0.3, 0.4) is 0 Å². The van der Waals surface area contributed by atoms with Crippen molar-refractivity contribution >= 4 is 11.6 Å². The highest BCUT2D eigenvalue weighted by molar-refractivity contribution is 5.45. The topological polar surface area (TPSA) is 61.3 Å². The van der Waals surface area contributed by atoms with E-state index in [2.05, 4.69) is 20.2 Å². The Hall–Kier alpha value is -1.36. The van der Waals surface area contributed by atoms with E-state index in [1.165, 1.54) is 12.8 Å². The molecule has 2 N–H and O–H groups in total. The number of aliphatic hydroxyl groups excluding tert-OH is 1. The van der Waals surface area contributed by atoms with Gasteiger partial charge < -0.3 is 15.3 Å². The van der Waals surface area contributed by atoms with Crippen molar-refractivity contribution in [2.24, 2.45) is 0 Å². The third-order valence-electron chi connectivity index (χ3n) is 3.35. The number of nitrogens with one attached hydrogen (secondary N) is 1. The summed E-state index contributed by atoms with van der Waals surface area (Å²) in [6.45, 7) is 4.22. The average Bonchev–Trinajstić information content (AvgIpc) is 2.85. The lowest BCUT2D eigenvalue weighted by molar-refractivity contribution is 0.279. The van der Waals surface area contributed by atoms with E-state index in [0.29, 0.717) is 6.04 Å². The van der Waals surface area contributed by atoms with Crippen LogP contribution in [-0.4, -0.2) is 40.8 Å². The van der Waals surface area contributed by atoms with Crippen molar-refractivity contribution in [3.05, 3.63) is 12.4 Å². The van der Waals surface area contributed by atoms with Gasteiger partial charge in [-0.25, -0.2) is 4.98 Å². The van der Waals surface area contributed by atoms with Gasteiger partial charge in [0, 0.05) is 25.7 Å². The Bertz CT molecular complexity index is 372. The van der Waals surface area contributed by atoms with Crippen LogP contribution in [0.1, 0.15) is 32.6 Å². The molecule has 0 bridgehead atoms. The first-order valence-electron chi connectivity index (χ1n) is 6.78. The summed E-state index contributed by atoms with van der Waals surface area (Å²) in [7, 11) is 0. The van der Waals surface area contributed by atoms with Crippen LogP contribution in [0.5, 0.6) is 0 Å². The number of anilines is 2. The van der Waals surface area contributed by atoms with E-state index in [4.69, 9.17) is 5.11 Å². The molecule has 0 saturated carbocycles. The van der Waals surface area contributed by atoms with Crippen molar-refractivity contribution < 1.29 is 5.11 Å². The van der Waals surface area contributed by atoms with Gasteiger partial charge >= 0.3 is 0 Å². The quantitative estimate of drug-likeness (QED) is 0.804. The standard InChI is InChI=1S/C13H22N4O/c1-2-15-12-9-14-10-13(16-12)17-7-3-5-11(17)6-4-8-18/h9-11,18H,2-8H2,1H3,(H,15,16). The molecule has 100 valence electrons. The second-order valence-corrected chi connectivity index (χ2v) is 4.65. The van der Waals surface area contributed by atoms with Crippen LogP contribution >= 0.6 is 0 Å². The minimum atomic E-state index is 0.271. The third kappa shape index (κ3) is 3.10. The van der Waals surface area contributed by atoms with Gasteiger partial charge in [-0.15, -0.1) is 0 Å². The van der Waals surface area contributed by atoms with Gasteiger partial charge in [0.25, 0.3) is 0 Å². The largest absolute Gasteiger partial charge is 0.396 e. The van der Waals surface area contributed by atoms with Crippen molar-refractivity contribution in [1.29, 1.82) is 0 Å². The molecule has 0 aliphatic carbocycles. The molecule has 0 amide bonds. The molecule has 1 atom stereocenters. The molecule has 1 aliphatic heterocycles. The molecule has 2 rings (SSSR count). The lowest BCUT2D eigenvalue weighted by Crippen LogP contribution is -2.30. The van der Waals surface area contributed by atoms with Crippen molar-refractivity contribution in [3.63, 3.8) is 0 Å². The van der Waals surface area contributed by atoms with Crippen LogP contribution < -0.4 is 10.2 Å². The first-order chi connectivity index (χ1) is 8.85. The summed E-state index contributed by atoms with van der Waals surface area (Å²) >= 11 is 0. The van der Waals surface area contributed by atoms with Gasteiger partial charge in [0.1, 0.15) is 11.6 Å². The minimum absolute atomic E-state index is 0.271. The summed E-state index contributed by atoms with van der Waals surface area (Å²) in [5.74, 6) is 1.79. The van der Waals surface area contributed by atoms with Crippen LogP contribution in [0.2, 0.25) is 0 Å². The first kappa shape index (κ1) is 13.1. The van der Waals surface area contributed by atoms with E-state index < -0.39 is 0 Å². The second kappa shape index (κ2) is 6.54. The molecule has 1 unspecified atom stereocenters. The summed E-state index contributed by atoms with van der Waals surface area (Å²) in [5, 5.41) is 12.1. The molecule has 1 aromatic heterocycles. The van der Waals surface area contributed by atoms with Crippen LogP contribution in [0.4, 0.5) is 11.6 Å². The summed E-state index contributed by atoms with van der Waals surface area (Å²) in [6, 6.07) is 0.503. The second-order valence-electron chi connectivity index (χ2n) is 4.65. The van der Waals surface area contributed by atoms with Gasteiger partial charge in [0.2, 0.25) is 0 Å². The molecular formula is C13H22N4O. The van der Waals surface area contributed by atoms with Crippen LogP contribution in [0.15, 0.2) is 12.4 Å². The van der Waals surface area contributed by atoms with Crippen LogP contribution in [0.25, 0.3) is 0 Å². The summed E-state index contributed by atoms with van der Waals surface area (Å²) < 4.78 is 0. The van der Waals surface area contributed by atoms with E-state index in [0.717, 1.165) is 37.6 Å². The van der Waals surface area contributed by atoms with Crippen molar-refractivity contribution in [1.82, 2.24) is 9.97 Å². The number of hydrogen-bond donors (Lipinski definition) is 2. The molecule has 0 spiro atoms. The maximum Gasteiger partial charge on any atom is 0.149 e. The number of hydrogen-bond acceptors (Lipinski definition) is 5. The number of aromatic nitrogens is 2. The first-order valence-corrected chi connectivity index (χ1v) is 6.78. The summed E-state index contributed by atoms with van der Waals surface area (Å²) in [6.07, 6.45) is 7.87. The maximum absolute atomic E-state index is 8.94. The number of nitrogens with zero attached hydrogens (tertiary/aromatic N) is 3. The zero-order valence-corrected chi connectivity index (χ0v) is 11.0. The molecular weight excluding hydrogens is 228 g/mol.